The van der Waals surface area contributed by atoms with Crippen LogP contribution in [0.1, 0.15) is 18.3 Å². The molecular formula is C11H14N4O3. The van der Waals surface area contributed by atoms with Crippen LogP contribution in [0.15, 0.2) is 23.3 Å². The highest BCUT2D eigenvalue weighted by atomic mass is 16.6. The van der Waals surface area contributed by atoms with Crippen molar-refractivity contribution < 1.29 is 14.3 Å². The molecule has 0 atom stereocenters. The van der Waals surface area contributed by atoms with Gasteiger partial charge in [-0.15, -0.1) is 0 Å². The first-order chi connectivity index (χ1) is 8.76. The molecular weight excluding hydrogens is 236 g/mol. The van der Waals surface area contributed by atoms with Crippen molar-refractivity contribution in [3.05, 3.63) is 40.0 Å². The fraction of sp³-hybridized carbons (Fsp3) is 0.455. The van der Waals surface area contributed by atoms with Gasteiger partial charge in [-0.1, -0.05) is 11.2 Å². The molecule has 0 N–H and O–H groups in total. The quantitative estimate of drug-likeness (QED) is 0.320. The van der Waals surface area contributed by atoms with Crippen LogP contribution < -0.4 is 0 Å². The molecule has 7 heteroatoms. The predicted molar refractivity (Wildman–Crippen MR) is 63.4 cm³/mol. The van der Waals surface area contributed by atoms with Crippen LogP contribution in [0.4, 0.5) is 0 Å². The Balaban J connectivity index is 2.42. The number of aromatic nitrogens is 1. The molecule has 0 aliphatic carbocycles. The van der Waals surface area contributed by atoms with Gasteiger partial charge in [0.2, 0.25) is 0 Å². The molecule has 0 aromatic carbocycles. The third kappa shape index (κ3) is 5.29. The first-order valence-electron chi connectivity index (χ1n) is 5.45. The predicted octanol–water partition coefficient (Wildman–Crippen LogP) is 1.97. The SMILES string of the molecule is CCOC(=O)COCc1cccc(CN=[N+]=[N-])n1. The topological polar surface area (TPSA) is 97.2 Å². The molecule has 0 aliphatic rings. The van der Waals surface area contributed by atoms with Gasteiger partial charge in [0.05, 0.1) is 25.5 Å². The number of hydrogen-bond donors (Lipinski definition) is 0. The number of carbonyl (C=O) groups is 1. The largest absolute Gasteiger partial charge is 0.464 e. The Morgan fingerprint density at radius 1 is 1.50 bits per heavy atom. The number of pyridine rings is 1. The van der Waals surface area contributed by atoms with E-state index in [1.807, 2.05) is 0 Å². The summed E-state index contributed by atoms with van der Waals surface area (Å²) in [6, 6.07) is 5.31. The lowest BCUT2D eigenvalue weighted by Gasteiger charge is -2.04. The Labute approximate surface area is 104 Å². The molecule has 0 saturated carbocycles. The fourth-order valence-electron chi connectivity index (χ4n) is 1.24. The van der Waals surface area contributed by atoms with Gasteiger partial charge in [0.25, 0.3) is 0 Å². The van der Waals surface area contributed by atoms with E-state index < -0.39 is 5.97 Å². The first kappa shape index (κ1) is 14.0. The molecule has 0 saturated heterocycles. The van der Waals surface area contributed by atoms with Gasteiger partial charge in [-0.25, -0.2) is 4.79 Å². The van der Waals surface area contributed by atoms with Crippen LogP contribution in [0, 0.1) is 0 Å². The van der Waals surface area contributed by atoms with Crippen molar-refractivity contribution in [2.75, 3.05) is 13.2 Å². The van der Waals surface area contributed by atoms with E-state index in [1.165, 1.54) is 0 Å². The summed E-state index contributed by atoms with van der Waals surface area (Å²) in [6.07, 6.45) is 0. The van der Waals surface area contributed by atoms with Crippen LogP contribution in [0.3, 0.4) is 0 Å². The van der Waals surface area contributed by atoms with Gasteiger partial charge in [-0.2, -0.15) is 0 Å². The second-order valence-electron chi connectivity index (χ2n) is 3.31. The monoisotopic (exact) mass is 250 g/mol. The van der Waals surface area contributed by atoms with Crippen LogP contribution in [-0.4, -0.2) is 24.2 Å². The van der Waals surface area contributed by atoms with Gasteiger partial charge in [-0.05, 0) is 24.6 Å². The second-order valence-corrected chi connectivity index (χ2v) is 3.31. The molecule has 1 aromatic rings. The normalized spacial score (nSPS) is 9.61. The summed E-state index contributed by atoms with van der Waals surface area (Å²) < 4.78 is 9.87. The number of nitrogens with zero attached hydrogens (tertiary/aromatic N) is 4. The summed E-state index contributed by atoms with van der Waals surface area (Å²) in [6.45, 7) is 2.38. The Morgan fingerprint density at radius 3 is 3.00 bits per heavy atom. The van der Waals surface area contributed by atoms with Gasteiger partial charge in [0.15, 0.2) is 0 Å². The van der Waals surface area contributed by atoms with Gasteiger partial charge in [0, 0.05) is 10.6 Å². The number of esters is 1. The van der Waals surface area contributed by atoms with Crippen molar-refractivity contribution in [3.63, 3.8) is 0 Å². The number of azide groups is 1. The standard InChI is InChI=1S/C11H14N4O3/c1-2-18-11(16)8-17-7-10-5-3-4-9(14-10)6-13-15-12/h3-5H,2,6-8H2,1H3. The van der Waals surface area contributed by atoms with Crippen LogP contribution in [-0.2, 0) is 27.4 Å². The summed E-state index contributed by atoms with van der Waals surface area (Å²) in [5.41, 5.74) is 9.53. The molecule has 1 aromatic heterocycles. The number of rotatable bonds is 7. The van der Waals surface area contributed by atoms with Crippen molar-refractivity contribution in [1.82, 2.24) is 4.98 Å². The van der Waals surface area contributed by atoms with Crippen molar-refractivity contribution in [2.45, 2.75) is 20.1 Å². The smallest absolute Gasteiger partial charge is 0.332 e. The fourth-order valence-corrected chi connectivity index (χ4v) is 1.24. The molecule has 0 aliphatic heterocycles. The zero-order valence-electron chi connectivity index (χ0n) is 10.1. The highest BCUT2D eigenvalue weighted by molar-refractivity contribution is 5.70. The van der Waals surface area contributed by atoms with Crippen LogP contribution in [0.5, 0.6) is 0 Å². The average Bonchev–Trinajstić information content (AvgIpc) is 2.37. The van der Waals surface area contributed by atoms with Gasteiger partial charge < -0.3 is 9.47 Å². The van der Waals surface area contributed by atoms with E-state index in [0.29, 0.717) is 18.0 Å². The first-order valence-corrected chi connectivity index (χ1v) is 5.45. The maximum absolute atomic E-state index is 11.0. The summed E-state index contributed by atoms with van der Waals surface area (Å²) in [4.78, 5) is 17.9. The molecule has 0 fully saturated rings. The molecule has 0 bridgehead atoms. The lowest BCUT2D eigenvalue weighted by Crippen LogP contribution is -2.12. The zero-order valence-corrected chi connectivity index (χ0v) is 10.1. The molecule has 0 spiro atoms. The summed E-state index contributed by atoms with van der Waals surface area (Å²) in [5.74, 6) is -0.400. The summed E-state index contributed by atoms with van der Waals surface area (Å²) in [5, 5.41) is 3.42. The molecule has 7 nitrogen and oxygen atoms in total. The minimum atomic E-state index is -0.400. The minimum absolute atomic E-state index is 0.101. The Bertz CT molecular complexity index is 444. The van der Waals surface area contributed by atoms with Crippen LogP contribution in [0.2, 0.25) is 0 Å². The zero-order chi connectivity index (χ0) is 13.2. The van der Waals surface area contributed by atoms with Crippen LogP contribution >= 0.6 is 0 Å². The second kappa shape index (κ2) is 8.05. The maximum Gasteiger partial charge on any atom is 0.332 e. The van der Waals surface area contributed by atoms with Gasteiger partial charge in [0.1, 0.15) is 6.61 Å². The highest BCUT2D eigenvalue weighted by Crippen LogP contribution is 2.03. The number of ether oxygens (including phenoxy) is 2. The van der Waals surface area contributed by atoms with Crippen molar-refractivity contribution in [1.29, 1.82) is 0 Å². The summed E-state index contributed by atoms with van der Waals surface area (Å²) >= 11 is 0. The number of hydrogen-bond acceptors (Lipinski definition) is 5. The third-order valence-corrected chi connectivity index (χ3v) is 1.94. The average molecular weight is 250 g/mol. The Kier molecular flexibility index (Phi) is 6.24. The van der Waals surface area contributed by atoms with E-state index in [0.717, 1.165) is 0 Å². The Hall–Kier alpha value is -2.11. The van der Waals surface area contributed by atoms with Crippen molar-refractivity contribution in [2.24, 2.45) is 5.11 Å². The van der Waals surface area contributed by atoms with Crippen molar-refractivity contribution in [3.8, 4) is 0 Å². The lowest BCUT2D eigenvalue weighted by atomic mass is 10.3. The van der Waals surface area contributed by atoms with E-state index >= 15 is 0 Å². The molecule has 96 valence electrons. The Morgan fingerprint density at radius 2 is 2.28 bits per heavy atom. The molecule has 0 radical (unpaired) electrons. The molecule has 0 amide bonds. The van der Waals surface area contributed by atoms with Gasteiger partial charge >= 0.3 is 5.97 Å². The van der Waals surface area contributed by atoms with E-state index in [2.05, 4.69) is 15.0 Å². The van der Waals surface area contributed by atoms with Crippen LogP contribution in [0.25, 0.3) is 10.4 Å². The molecule has 18 heavy (non-hydrogen) atoms. The van der Waals surface area contributed by atoms with Gasteiger partial charge in [-0.3, -0.25) is 4.98 Å². The molecule has 1 heterocycles. The third-order valence-electron chi connectivity index (χ3n) is 1.94. The molecule has 0 unspecified atom stereocenters. The van der Waals surface area contributed by atoms with E-state index in [1.54, 1.807) is 25.1 Å². The van der Waals surface area contributed by atoms with Crippen molar-refractivity contribution >= 4 is 5.97 Å². The maximum atomic E-state index is 11.0. The lowest BCUT2D eigenvalue weighted by molar-refractivity contribution is -0.148. The minimum Gasteiger partial charge on any atom is -0.464 e. The summed E-state index contributed by atoms with van der Waals surface area (Å²) in [7, 11) is 0. The van der Waals surface area contributed by atoms with E-state index in [-0.39, 0.29) is 19.8 Å². The van der Waals surface area contributed by atoms with E-state index in [4.69, 9.17) is 15.0 Å². The highest BCUT2D eigenvalue weighted by Gasteiger charge is 2.03. The number of carbonyl (C=O) groups excluding carboxylic acids is 1. The van der Waals surface area contributed by atoms with E-state index in [9.17, 15) is 4.79 Å². The molecule has 1 rings (SSSR count).